The van der Waals surface area contributed by atoms with Crippen molar-refractivity contribution in [1.82, 2.24) is 14.5 Å². The molecule has 4 aromatic carbocycles. The summed E-state index contributed by atoms with van der Waals surface area (Å²) in [6.07, 6.45) is 1.87. The van der Waals surface area contributed by atoms with Crippen LogP contribution in [0.4, 0.5) is 0 Å². The van der Waals surface area contributed by atoms with Gasteiger partial charge in [-0.15, -0.1) is 35.6 Å². The third-order valence-electron chi connectivity index (χ3n) is 8.90. The van der Waals surface area contributed by atoms with E-state index < -0.39 is 0 Å². The van der Waals surface area contributed by atoms with Crippen molar-refractivity contribution in [2.45, 2.75) is 33.1 Å². The summed E-state index contributed by atoms with van der Waals surface area (Å²) < 4.78 is 3.67. The van der Waals surface area contributed by atoms with Gasteiger partial charge >= 0.3 is 0 Å². The van der Waals surface area contributed by atoms with Crippen LogP contribution in [0, 0.1) is 13.0 Å². The Morgan fingerprint density at radius 2 is 1.39 bits per heavy atom. The fourth-order valence-corrected chi connectivity index (χ4v) is 7.52. The van der Waals surface area contributed by atoms with Crippen molar-refractivity contribution in [1.29, 1.82) is 0 Å². The van der Waals surface area contributed by atoms with E-state index in [1.54, 1.807) is 6.07 Å². The third-order valence-corrected chi connectivity index (χ3v) is 9.97. The number of nitrogens with zero attached hydrogens (tertiary/aromatic N) is 3. The van der Waals surface area contributed by atoms with Gasteiger partial charge in [-0.1, -0.05) is 92.6 Å². The predicted octanol–water partition coefficient (Wildman–Crippen LogP) is 11.4. The minimum Gasteiger partial charge on any atom is -0.507 e. The number of phenolic OH excluding ortho intramolecular Hbond substituents is 1. The number of hydrogen-bond acceptors (Lipinski definition) is 4. The summed E-state index contributed by atoms with van der Waals surface area (Å²) in [6, 6.07) is 45.0. The molecular weight excluding hydrogens is 802 g/mol. The van der Waals surface area contributed by atoms with Crippen molar-refractivity contribution in [3.8, 4) is 56.3 Å². The quantitative estimate of drug-likeness (QED) is 0.176. The number of pyridine rings is 2. The van der Waals surface area contributed by atoms with Gasteiger partial charge in [0.25, 0.3) is 0 Å². The second kappa shape index (κ2) is 12.9. The van der Waals surface area contributed by atoms with E-state index in [-0.39, 0.29) is 32.2 Å². The van der Waals surface area contributed by atoms with Gasteiger partial charge in [-0.3, -0.25) is 9.97 Å². The largest absolute Gasteiger partial charge is 0.507 e. The molecule has 0 radical (unpaired) electrons. The van der Waals surface area contributed by atoms with Gasteiger partial charge in [0.15, 0.2) is 0 Å². The van der Waals surface area contributed by atoms with Crippen molar-refractivity contribution in [3.05, 3.63) is 144 Å². The molecule has 0 atom stereocenters. The molecule has 0 aliphatic heterocycles. The van der Waals surface area contributed by atoms with Crippen LogP contribution < -0.4 is 0 Å². The number of phenols is 1. The van der Waals surface area contributed by atoms with E-state index in [1.807, 2.05) is 53.9 Å². The second-order valence-electron chi connectivity index (χ2n) is 13.2. The number of aromatic nitrogens is 3. The van der Waals surface area contributed by atoms with E-state index in [4.69, 9.17) is 9.97 Å². The summed E-state index contributed by atoms with van der Waals surface area (Å²) in [5.74, 6) is 0.189. The van der Waals surface area contributed by atoms with Crippen molar-refractivity contribution in [3.63, 3.8) is 0 Å². The van der Waals surface area contributed by atoms with Gasteiger partial charge in [0.05, 0.1) is 27.1 Å². The Hall–Kier alpha value is -4.83. The van der Waals surface area contributed by atoms with Crippen molar-refractivity contribution in [2.75, 3.05) is 0 Å². The van der Waals surface area contributed by atoms with Crippen LogP contribution in [0.2, 0.25) is 0 Å². The van der Waals surface area contributed by atoms with Gasteiger partial charge in [0.1, 0.15) is 5.75 Å². The van der Waals surface area contributed by atoms with Crippen LogP contribution in [-0.2, 0) is 26.5 Å². The maximum Gasteiger partial charge on any atom is 0.124 e. The van der Waals surface area contributed by atoms with Gasteiger partial charge in [-0.05, 0) is 65.9 Å². The smallest absolute Gasteiger partial charge is 0.124 e. The van der Waals surface area contributed by atoms with E-state index in [9.17, 15) is 5.11 Å². The van der Waals surface area contributed by atoms with Crippen molar-refractivity contribution >= 4 is 32.5 Å². The van der Waals surface area contributed by atoms with Crippen molar-refractivity contribution < 1.29 is 26.2 Å². The van der Waals surface area contributed by atoms with E-state index in [0.717, 1.165) is 39.3 Å². The number of rotatable bonds is 5. The number of aryl methyl sites for hydroxylation is 1. The van der Waals surface area contributed by atoms with Crippen LogP contribution in [0.15, 0.2) is 128 Å². The van der Waals surface area contributed by atoms with Gasteiger partial charge in [-0.25, -0.2) is 0 Å². The Bertz CT molecular complexity index is 2490. The van der Waals surface area contributed by atoms with Crippen LogP contribution >= 0.6 is 11.3 Å². The molecule has 4 aromatic heterocycles. The maximum absolute atomic E-state index is 11.0. The Kier molecular flexibility index (Phi) is 8.60. The zero-order valence-electron chi connectivity index (χ0n) is 27.6. The average molecular weight is 836 g/mol. The van der Waals surface area contributed by atoms with E-state index in [1.165, 1.54) is 31.6 Å². The normalized spacial score (nSPS) is 11.6. The van der Waals surface area contributed by atoms with Crippen molar-refractivity contribution in [2.24, 2.45) is 0 Å². The molecule has 0 aliphatic carbocycles. The molecular formula is C43H34N3OPtS-. The molecule has 1 N–H and O–H groups in total. The number of benzene rings is 4. The zero-order chi connectivity index (χ0) is 33.0. The van der Waals surface area contributed by atoms with E-state index >= 15 is 0 Å². The predicted molar refractivity (Wildman–Crippen MR) is 200 cm³/mol. The molecule has 4 nitrogen and oxygen atoms in total. The van der Waals surface area contributed by atoms with Gasteiger partial charge in [0.2, 0.25) is 0 Å². The Labute approximate surface area is 305 Å². The van der Waals surface area contributed by atoms with Gasteiger partial charge in [0, 0.05) is 60.0 Å². The zero-order valence-corrected chi connectivity index (χ0v) is 30.7. The van der Waals surface area contributed by atoms with Gasteiger partial charge in [-0.2, -0.15) is 0 Å². The molecule has 8 aromatic rings. The first-order chi connectivity index (χ1) is 23.2. The molecule has 6 heteroatoms. The molecule has 0 saturated heterocycles. The topological polar surface area (TPSA) is 50.9 Å². The fraction of sp³-hybridized carbons (Fsp3) is 0.116. The first-order valence-corrected chi connectivity index (χ1v) is 17.0. The molecule has 0 amide bonds. The first kappa shape index (κ1) is 32.7. The second-order valence-corrected chi connectivity index (χ2v) is 14.5. The van der Waals surface area contributed by atoms with Gasteiger partial charge < -0.3 is 9.67 Å². The third kappa shape index (κ3) is 6.03. The summed E-state index contributed by atoms with van der Waals surface area (Å²) >= 11 is 1.83. The molecule has 0 fully saturated rings. The molecule has 0 saturated carbocycles. The summed E-state index contributed by atoms with van der Waals surface area (Å²) in [5, 5.41) is 12.2. The first-order valence-electron chi connectivity index (χ1n) is 16.1. The molecule has 0 aliphatic rings. The average Bonchev–Trinajstić information content (AvgIpc) is 3.62. The minimum atomic E-state index is 0. The summed E-state index contributed by atoms with van der Waals surface area (Å²) in [7, 11) is 0. The SMILES string of the molecule is Cc1cc2c(s1)c1ccccc1n2-c1ccccc1-c1cc(-c2[c-]c(-c3cc(C(C)(C)C)ccn3)ccc2)nc(-c2ccccc2O)c1.[Pt]. The van der Waals surface area contributed by atoms with Crippen LogP contribution in [0.25, 0.3) is 71.7 Å². The summed E-state index contributed by atoms with van der Waals surface area (Å²) in [4.78, 5) is 11.1. The van der Waals surface area contributed by atoms with Crippen LogP contribution in [0.5, 0.6) is 5.75 Å². The summed E-state index contributed by atoms with van der Waals surface area (Å²) in [5.41, 5.74) is 11.5. The number of para-hydroxylation sites is 3. The number of fused-ring (bicyclic) bond motifs is 3. The number of thiophene rings is 1. The number of aromatic hydroxyl groups is 1. The number of hydrogen-bond donors (Lipinski definition) is 1. The standard InChI is InChI=1S/C43H34N3OS.Pt/c1-27-22-40-42(48-27)34-16-6-9-18-39(34)46(40)38-17-8-5-14-32(38)30-24-36(45-37(25-30)33-15-7-10-19-41(33)47)29-13-11-12-28(23-29)35-26-31(20-21-44-35)43(2,3)4;/h5-22,24-26,47H,1-4H3;/q-1;. The Morgan fingerprint density at radius 1 is 0.694 bits per heavy atom. The molecule has 244 valence electrons. The molecule has 49 heavy (non-hydrogen) atoms. The minimum absolute atomic E-state index is 0. The summed E-state index contributed by atoms with van der Waals surface area (Å²) in [6.45, 7) is 8.80. The molecule has 4 heterocycles. The Morgan fingerprint density at radius 3 is 2.18 bits per heavy atom. The van der Waals surface area contributed by atoms with E-state index in [0.29, 0.717) is 11.3 Å². The molecule has 8 rings (SSSR count). The molecule has 0 unspecified atom stereocenters. The van der Waals surface area contributed by atoms with Crippen LogP contribution in [0.3, 0.4) is 0 Å². The Balaban J connectivity index is 0.00000378. The maximum atomic E-state index is 11.0. The fourth-order valence-electron chi connectivity index (χ4n) is 6.49. The molecule has 0 spiro atoms. The molecule has 0 bridgehead atoms. The van der Waals surface area contributed by atoms with Crippen LogP contribution in [0.1, 0.15) is 31.2 Å². The van der Waals surface area contributed by atoms with Crippen LogP contribution in [-0.4, -0.2) is 19.6 Å². The van der Waals surface area contributed by atoms with E-state index in [2.05, 4.69) is 117 Å². The monoisotopic (exact) mass is 835 g/mol.